The van der Waals surface area contributed by atoms with Gasteiger partial charge >= 0.3 is 0 Å². The van der Waals surface area contributed by atoms with Gasteiger partial charge in [0.1, 0.15) is 22.7 Å². The molecule has 0 bridgehead atoms. The quantitative estimate of drug-likeness (QED) is 0.471. The lowest BCUT2D eigenvalue weighted by atomic mass is 10.0. The van der Waals surface area contributed by atoms with Crippen LogP contribution in [0.2, 0.25) is 0 Å². The number of fused-ring (bicyclic) bond motifs is 1. The average Bonchev–Trinajstić information content (AvgIpc) is 3.16. The molecule has 11 heteroatoms. The number of ketones is 1. The van der Waals surface area contributed by atoms with Gasteiger partial charge in [-0.15, -0.1) is 0 Å². The fraction of sp³-hybridized carbons (Fsp3) is 0.0526. The van der Waals surface area contributed by atoms with E-state index in [1.54, 1.807) is 6.92 Å². The van der Waals surface area contributed by atoms with Crippen molar-refractivity contribution in [1.82, 2.24) is 19.9 Å². The van der Waals surface area contributed by atoms with Crippen molar-refractivity contribution < 1.29 is 22.0 Å². The Hall–Kier alpha value is -3.73. The van der Waals surface area contributed by atoms with Crippen LogP contribution in [0.5, 0.6) is 0 Å². The van der Waals surface area contributed by atoms with Crippen LogP contribution in [0, 0.1) is 18.6 Å². The highest BCUT2D eigenvalue weighted by Gasteiger charge is 2.27. The van der Waals surface area contributed by atoms with E-state index < -0.39 is 38.7 Å². The van der Waals surface area contributed by atoms with E-state index in [9.17, 15) is 17.6 Å². The lowest BCUT2D eigenvalue weighted by Gasteiger charge is -2.12. The molecule has 0 amide bonds. The third kappa shape index (κ3) is 3.28. The van der Waals surface area contributed by atoms with E-state index in [1.165, 1.54) is 30.9 Å². The molecule has 0 unspecified atom stereocenters. The number of rotatable bonds is 5. The Morgan fingerprint density at radius 2 is 1.97 bits per heavy atom. The lowest BCUT2D eigenvalue weighted by Crippen LogP contribution is -2.16. The van der Waals surface area contributed by atoms with Crippen LogP contribution in [0.15, 0.2) is 54.1 Å². The first-order chi connectivity index (χ1) is 14.3. The van der Waals surface area contributed by atoms with Crippen LogP contribution < -0.4 is 4.72 Å². The Kier molecular flexibility index (Phi) is 4.74. The number of benzene rings is 1. The number of hydrogen-bond donors (Lipinski definition) is 2. The molecule has 0 spiro atoms. The number of pyridine rings is 1. The minimum atomic E-state index is -4.20. The van der Waals surface area contributed by atoms with Gasteiger partial charge in [0.05, 0.1) is 27.9 Å². The van der Waals surface area contributed by atoms with Crippen LogP contribution in [0.1, 0.15) is 21.6 Å². The third-order valence-corrected chi connectivity index (χ3v) is 5.76. The number of sulfonamides is 1. The summed E-state index contributed by atoms with van der Waals surface area (Å²) >= 11 is 0. The molecule has 0 saturated carbocycles. The van der Waals surface area contributed by atoms with Crippen molar-refractivity contribution in [3.63, 3.8) is 0 Å². The van der Waals surface area contributed by atoms with Gasteiger partial charge in [-0.05, 0) is 31.2 Å². The van der Waals surface area contributed by atoms with Gasteiger partial charge in [0.15, 0.2) is 5.82 Å². The lowest BCUT2D eigenvalue weighted by molar-refractivity contribution is 0.103. The van der Waals surface area contributed by atoms with Crippen molar-refractivity contribution in [1.29, 1.82) is 0 Å². The molecule has 3 heterocycles. The van der Waals surface area contributed by atoms with Crippen LogP contribution in [-0.2, 0) is 10.0 Å². The maximum absolute atomic E-state index is 15.1. The number of aromatic nitrogens is 4. The molecule has 4 rings (SSSR count). The zero-order valence-corrected chi connectivity index (χ0v) is 16.2. The number of halogens is 2. The molecule has 3 aromatic heterocycles. The average molecular weight is 429 g/mol. The van der Waals surface area contributed by atoms with Crippen molar-refractivity contribution in [3.8, 4) is 0 Å². The second-order valence-corrected chi connectivity index (χ2v) is 7.97. The second-order valence-electron chi connectivity index (χ2n) is 6.29. The summed E-state index contributed by atoms with van der Waals surface area (Å²) in [5.41, 5.74) is -0.728. The minimum Gasteiger partial charge on any atom is -0.345 e. The molecule has 0 atom stereocenters. The molecule has 0 aliphatic carbocycles. The molecule has 0 aliphatic heterocycles. The number of carbonyl (C=O) groups excluding carboxylic acids is 1. The third-order valence-electron chi connectivity index (χ3n) is 4.41. The van der Waals surface area contributed by atoms with E-state index in [0.717, 1.165) is 18.3 Å². The normalized spacial score (nSPS) is 11.6. The molecule has 0 fully saturated rings. The molecular formula is C19H13F2N5O3S. The van der Waals surface area contributed by atoms with Crippen molar-refractivity contribution in [2.45, 2.75) is 11.8 Å². The van der Waals surface area contributed by atoms with Crippen molar-refractivity contribution in [2.75, 3.05) is 4.72 Å². The van der Waals surface area contributed by atoms with E-state index in [4.69, 9.17) is 0 Å². The predicted molar refractivity (Wildman–Crippen MR) is 103 cm³/mol. The van der Waals surface area contributed by atoms with Crippen molar-refractivity contribution in [3.05, 3.63) is 77.6 Å². The minimum absolute atomic E-state index is 0.0341. The molecule has 4 aromatic rings. The van der Waals surface area contributed by atoms with Crippen LogP contribution in [0.3, 0.4) is 0 Å². The monoisotopic (exact) mass is 429 g/mol. The van der Waals surface area contributed by atoms with Crippen molar-refractivity contribution >= 4 is 32.5 Å². The standard InChI is InChI=1S/C19H13F2N5O3S/c1-10-15-12(8-23-19(15)25-9-24-10)18(27)16-13(20)4-5-14(17(16)21)26-30(28,29)11-3-2-6-22-7-11/h2-9,26H,1H3,(H,23,24,25). The maximum Gasteiger partial charge on any atom is 0.263 e. The van der Waals surface area contributed by atoms with Crippen LogP contribution in [0.25, 0.3) is 11.0 Å². The number of hydrogen-bond acceptors (Lipinski definition) is 6. The second kappa shape index (κ2) is 7.26. The summed E-state index contributed by atoms with van der Waals surface area (Å²) in [6.07, 6.45) is 5.02. The van der Waals surface area contributed by atoms with E-state index in [0.29, 0.717) is 16.7 Å². The van der Waals surface area contributed by atoms with Gasteiger partial charge in [-0.2, -0.15) is 0 Å². The van der Waals surface area contributed by atoms with Gasteiger partial charge in [0, 0.05) is 18.6 Å². The number of aromatic amines is 1. The number of anilines is 1. The molecule has 152 valence electrons. The highest BCUT2D eigenvalue weighted by molar-refractivity contribution is 7.92. The predicted octanol–water partition coefficient (Wildman–Crippen LogP) is 2.97. The van der Waals surface area contributed by atoms with Crippen LogP contribution in [-0.4, -0.2) is 34.1 Å². The summed E-state index contributed by atoms with van der Waals surface area (Å²) in [6.45, 7) is 1.62. The van der Waals surface area contributed by atoms with E-state index >= 15 is 4.39 Å². The van der Waals surface area contributed by atoms with Gasteiger partial charge in [-0.1, -0.05) is 0 Å². The van der Waals surface area contributed by atoms with E-state index in [1.807, 2.05) is 4.72 Å². The summed E-state index contributed by atoms with van der Waals surface area (Å²) in [7, 11) is -4.20. The summed E-state index contributed by atoms with van der Waals surface area (Å²) in [4.78, 5) is 27.2. The molecule has 0 saturated heterocycles. The maximum atomic E-state index is 15.1. The summed E-state index contributed by atoms with van der Waals surface area (Å²) in [5.74, 6) is -3.45. The zero-order valence-electron chi connectivity index (χ0n) is 15.3. The number of carbonyl (C=O) groups is 1. The fourth-order valence-electron chi connectivity index (χ4n) is 2.98. The van der Waals surface area contributed by atoms with Gasteiger partial charge in [0.2, 0.25) is 5.78 Å². The highest BCUT2D eigenvalue weighted by atomic mass is 32.2. The highest BCUT2D eigenvalue weighted by Crippen LogP contribution is 2.28. The first-order valence-corrected chi connectivity index (χ1v) is 10.0. The van der Waals surface area contributed by atoms with Crippen molar-refractivity contribution in [2.24, 2.45) is 0 Å². The Morgan fingerprint density at radius 3 is 2.70 bits per heavy atom. The van der Waals surface area contributed by atoms with E-state index in [-0.39, 0.29) is 10.5 Å². The number of nitrogens with one attached hydrogen (secondary N) is 2. The smallest absolute Gasteiger partial charge is 0.263 e. The van der Waals surface area contributed by atoms with E-state index in [2.05, 4.69) is 19.9 Å². The Bertz CT molecular complexity index is 1390. The zero-order chi connectivity index (χ0) is 21.5. The SMILES string of the molecule is Cc1ncnc2[nH]cc(C(=O)c3c(F)ccc(NS(=O)(=O)c4cccnc4)c3F)c12. The number of aryl methyl sites for hydroxylation is 1. The molecular weight excluding hydrogens is 416 g/mol. The molecule has 30 heavy (non-hydrogen) atoms. The van der Waals surface area contributed by atoms with Gasteiger partial charge in [-0.25, -0.2) is 27.2 Å². The molecule has 0 radical (unpaired) electrons. The van der Waals surface area contributed by atoms with Crippen LogP contribution >= 0.6 is 0 Å². The number of H-pyrrole nitrogens is 1. The van der Waals surface area contributed by atoms with Crippen LogP contribution in [0.4, 0.5) is 14.5 Å². The number of nitrogens with zero attached hydrogens (tertiary/aromatic N) is 3. The summed E-state index contributed by atoms with van der Waals surface area (Å²) in [6, 6.07) is 4.37. The first kappa shape index (κ1) is 19.6. The summed E-state index contributed by atoms with van der Waals surface area (Å²) in [5, 5.41) is 0.322. The molecule has 0 aliphatic rings. The van der Waals surface area contributed by atoms with Gasteiger partial charge in [0.25, 0.3) is 10.0 Å². The Labute approximate surface area is 169 Å². The fourth-order valence-corrected chi connectivity index (χ4v) is 4.00. The molecule has 1 aromatic carbocycles. The Morgan fingerprint density at radius 1 is 1.17 bits per heavy atom. The Balaban J connectivity index is 1.79. The van der Waals surface area contributed by atoms with Gasteiger partial charge < -0.3 is 4.98 Å². The van der Waals surface area contributed by atoms with Gasteiger partial charge in [-0.3, -0.25) is 14.5 Å². The molecule has 2 N–H and O–H groups in total. The largest absolute Gasteiger partial charge is 0.345 e. The molecule has 8 nitrogen and oxygen atoms in total. The first-order valence-electron chi connectivity index (χ1n) is 8.54. The summed E-state index contributed by atoms with van der Waals surface area (Å²) < 4.78 is 56.4. The topological polar surface area (TPSA) is 118 Å².